The number of ether oxygens (including phenoxy) is 2. The molecule has 1 aliphatic heterocycles. The van der Waals surface area contributed by atoms with Crippen molar-refractivity contribution in [1.82, 2.24) is 4.90 Å². The first kappa shape index (κ1) is 20.9. The van der Waals surface area contributed by atoms with E-state index in [1.54, 1.807) is 47.4 Å². The van der Waals surface area contributed by atoms with E-state index in [0.717, 1.165) is 5.56 Å². The number of nitrogens with zero attached hydrogens (tertiary/aromatic N) is 1. The number of fused-ring (bicyclic) bond motifs is 1. The Hall–Kier alpha value is -3.32. The predicted molar refractivity (Wildman–Crippen MR) is 122 cm³/mol. The molecule has 3 aromatic rings. The van der Waals surface area contributed by atoms with Gasteiger partial charge in [-0.2, -0.15) is 0 Å². The minimum atomic E-state index is -0.286. The molecule has 0 atom stereocenters. The molecule has 0 radical (unpaired) electrons. The van der Waals surface area contributed by atoms with Crippen molar-refractivity contribution in [2.45, 2.75) is 13.5 Å². The number of carbonyl (C=O) groups excluding carboxylic acids is 2. The number of anilines is 1. The van der Waals surface area contributed by atoms with Crippen LogP contribution in [0.4, 0.5) is 5.69 Å². The molecule has 1 N–H and O–H groups in total. The Bertz CT molecular complexity index is 1130. The monoisotopic (exact) mass is 480 g/mol. The fourth-order valence-electron chi connectivity index (χ4n) is 3.37. The van der Waals surface area contributed by atoms with Crippen LogP contribution in [0.2, 0.25) is 0 Å². The van der Waals surface area contributed by atoms with Gasteiger partial charge in [0.15, 0.2) is 11.5 Å². The van der Waals surface area contributed by atoms with Crippen LogP contribution in [-0.4, -0.2) is 30.1 Å². The lowest BCUT2D eigenvalue weighted by atomic mass is 10.1. The molecule has 0 aromatic heterocycles. The standard InChI is InChI=1S/C24H21BrN2O4/c1-2-27(14-16-11-12-21-22(13-16)31-15-30-21)24(29)18-8-4-6-10-20(18)26-23(28)17-7-3-5-9-19(17)25/h3-13H,2,14-15H2,1H3,(H,26,28). The van der Waals surface area contributed by atoms with Crippen molar-refractivity contribution < 1.29 is 19.1 Å². The zero-order valence-electron chi connectivity index (χ0n) is 16.9. The van der Waals surface area contributed by atoms with E-state index in [2.05, 4.69) is 21.2 Å². The van der Waals surface area contributed by atoms with Crippen LogP contribution >= 0.6 is 15.9 Å². The molecule has 158 valence electrons. The summed E-state index contributed by atoms with van der Waals surface area (Å²) >= 11 is 3.40. The lowest BCUT2D eigenvalue weighted by Crippen LogP contribution is -2.31. The number of amides is 2. The second-order valence-corrected chi connectivity index (χ2v) is 7.84. The van der Waals surface area contributed by atoms with Gasteiger partial charge in [0.2, 0.25) is 6.79 Å². The van der Waals surface area contributed by atoms with E-state index in [0.29, 0.717) is 45.9 Å². The van der Waals surface area contributed by atoms with E-state index in [-0.39, 0.29) is 18.6 Å². The van der Waals surface area contributed by atoms with E-state index in [4.69, 9.17) is 9.47 Å². The van der Waals surface area contributed by atoms with Gasteiger partial charge in [-0.05, 0) is 64.8 Å². The van der Waals surface area contributed by atoms with Crippen LogP contribution in [0, 0.1) is 0 Å². The topological polar surface area (TPSA) is 67.9 Å². The Balaban J connectivity index is 1.55. The summed E-state index contributed by atoms with van der Waals surface area (Å²) in [6.45, 7) is 3.06. The molecule has 4 rings (SSSR count). The maximum Gasteiger partial charge on any atom is 0.256 e. The van der Waals surface area contributed by atoms with Crippen LogP contribution in [0.15, 0.2) is 71.2 Å². The minimum absolute atomic E-state index is 0.164. The Morgan fingerprint density at radius 1 is 0.968 bits per heavy atom. The Morgan fingerprint density at radius 2 is 1.68 bits per heavy atom. The summed E-state index contributed by atoms with van der Waals surface area (Å²) in [6.07, 6.45) is 0. The number of benzene rings is 3. The molecular formula is C24H21BrN2O4. The lowest BCUT2D eigenvalue weighted by molar-refractivity contribution is 0.0753. The smallest absolute Gasteiger partial charge is 0.256 e. The number of halogens is 1. The van der Waals surface area contributed by atoms with Crippen LogP contribution in [0.1, 0.15) is 33.2 Å². The number of rotatable bonds is 6. The van der Waals surface area contributed by atoms with E-state index < -0.39 is 0 Å². The quantitative estimate of drug-likeness (QED) is 0.533. The highest BCUT2D eigenvalue weighted by atomic mass is 79.9. The van der Waals surface area contributed by atoms with Crippen molar-refractivity contribution in [3.63, 3.8) is 0 Å². The van der Waals surface area contributed by atoms with Gasteiger partial charge < -0.3 is 19.7 Å². The summed E-state index contributed by atoms with van der Waals surface area (Å²) in [5, 5.41) is 2.87. The number of hydrogen-bond acceptors (Lipinski definition) is 4. The summed E-state index contributed by atoms with van der Waals surface area (Å²) in [5.74, 6) is 0.940. The fraction of sp³-hybridized carbons (Fsp3) is 0.167. The van der Waals surface area contributed by atoms with Crippen molar-refractivity contribution in [3.05, 3.63) is 87.9 Å². The average molecular weight is 481 g/mol. The van der Waals surface area contributed by atoms with Crippen LogP contribution in [0.3, 0.4) is 0 Å². The van der Waals surface area contributed by atoms with E-state index >= 15 is 0 Å². The molecule has 0 bridgehead atoms. The van der Waals surface area contributed by atoms with E-state index in [9.17, 15) is 9.59 Å². The van der Waals surface area contributed by atoms with Crippen molar-refractivity contribution in [2.24, 2.45) is 0 Å². The van der Waals surface area contributed by atoms with Gasteiger partial charge in [-0.25, -0.2) is 0 Å². The molecule has 1 aliphatic rings. The number of nitrogens with one attached hydrogen (secondary N) is 1. The molecule has 0 unspecified atom stereocenters. The number of carbonyl (C=O) groups is 2. The van der Waals surface area contributed by atoms with Crippen molar-refractivity contribution in [3.8, 4) is 11.5 Å². The molecule has 6 nitrogen and oxygen atoms in total. The average Bonchev–Trinajstić information content (AvgIpc) is 3.25. The van der Waals surface area contributed by atoms with Crippen LogP contribution in [-0.2, 0) is 6.54 Å². The maximum absolute atomic E-state index is 13.3. The molecule has 2 amide bonds. The van der Waals surface area contributed by atoms with Gasteiger partial charge in [-0.1, -0.05) is 30.3 Å². The van der Waals surface area contributed by atoms with Crippen molar-refractivity contribution in [2.75, 3.05) is 18.7 Å². The largest absolute Gasteiger partial charge is 0.454 e. The van der Waals surface area contributed by atoms with Crippen molar-refractivity contribution in [1.29, 1.82) is 0 Å². The molecule has 3 aromatic carbocycles. The fourth-order valence-corrected chi connectivity index (χ4v) is 3.84. The normalized spacial score (nSPS) is 11.8. The van der Waals surface area contributed by atoms with E-state index in [1.165, 1.54) is 0 Å². The number of hydrogen-bond donors (Lipinski definition) is 1. The molecule has 31 heavy (non-hydrogen) atoms. The summed E-state index contributed by atoms with van der Waals surface area (Å²) in [6, 6.07) is 19.9. The second-order valence-electron chi connectivity index (χ2n) is 6.99. The molecule has 7 heteroatoms. The molecule has 0 saturated heterocycles. The zero-order chi connectivity index (χ0) is 21.8. The second kappa shape index (κ2) is 9.22. The Morgan fingerprint density at radius 3 is 2.45 bits per heavy atom. The highest BCUT2D eigenvalue weighted by molar-refractivity contribution is 9.10. The molecule has 0 saturated carbocycles. The predicted octanol–water partition coefficient (Wildman–Crippen LogP) is 5.09. The van der Waals surface area contributed by atoms with Crippen LogP contribution in [0.25, 0.3) is 0 Å². The summed E-state index contributed by atoms with van der Waals surface area (Å²) in [5.41, 5.74) is 2.34. The van der Waals surface area contributed by atoms with Crippen LogP contribution < -0.4 is 14.8 Å². The summed E-state index contributed by atoms with van der Waals surface area (Å²) in [7, 11) is 0. The minimum Gasteiger partial charge on any atom is -0.454 e. The van der Waals surface area contributed by atoms with Gasteiger partial charge in [0.25, 0.3) is 11.8 Å². The SMILES string of the molecule is CCN(Cc1ccc2c(c1)OCO2)C(=O)c1ccccc1NC(=O)c1ccccc1Br. The highest BCUT2D eigenvalue weighted by Crippen LogP contribution is 2.33. The molecule has 0 spiro atoms. The summed E-state index contributed by atoms with van der Waals surface area (Å²) in [4.78, 5) is 27.8. The maximum atomic E-state index is 13.3. The number of para-hydroxylation sites is 1. The zero-order valence-corrected chi connectivity index (χ0v) is 18.5. The third-order valence-electron chi connectivity index (χ3n) is 5.00. The third-order valence-corrected chi connectivity index (χ3v) is 5.70. The van der Waals surface area contributed by atoms with Gasteiger partial charge in [0.1, 0.15) is 0 Å². The molecule has 1 heterocycles. The van der Waals surface area contributed by atoms with Gasteiger partial charge in [0, 0.05) is 17.6 Å². The third kappa shape index (κ3) is 4.56. The molecular weight excluding hydrogens is 460 g/mol. The van der Waals surface area contributed by atoms with E-state index in [1.807, 2.05) is 31.2 Å². The first-order valence-electron chi connectivity index (χ1n) is 9.89. The van der Waals surface area contributed by atoms with Gasteiger partial charge in [-0.15, -0.1) is 0 Å². The highest BCUT2D eigenvalue weighted by Gasteiger charge is 2.21. The van der Waals surface area contributed by atoms with Crippen molar-refractivity contribution >= 4 is 33.4 Å². The van der Waals surface area contributed by atoms with Gasteiger partial charge in [-0.3, -0.25) is 9.59 Å². The van der Waals surface area contributed by atoms with Gasteiger partial charge >= 0.3 is 0 Å². The van der Waals surface area contributed by atoms with Crippen LogP contribution in [0.5, 0.6) is 11.5 Å². The first-order chi connectivity index (χ1) is 15.1. The molecule has 0 fully saturated rings. The molecule has 0 aliphatic carbocycles. The Kier molecular flexibility index (Phi) is 6.23. The summed E-state index contributed by atoms with van der Waals surface area (Å²) < 4.78 is 11.5. The van der Waals surface area contributed by atoms with Gasteiger partial charge in [0.05, 0.1) is 16.8 Å². The first-order valence-corrected chi connectivity index (χ1v) is 10.7. The lowest BCUT2D eigenvalue weighted by Gasteiger charge is -2.23. The Labute approximate surface area is 188 Å².